The highest BCUT2D eigenvalue weighted by Gasteiger charge is 2.21. The van der Waals surface area contributed by atoms with Gasteiger partial charge in [-0.1, -0.05) is 24.3 Å². The lowest BCUT2D eigenvalue weighted by Crippen LogP contribution is -2.18. The number of rotatable bonds is 6. The first kappa shape index (κ1) is 21.8. The summed E-state index contributed by atoms with van der Waals surface area (Å²) in [5, 5.41) is 43.3. The van der Waals surface area contributed by atoms with Crippen LogP contribution in [0, 0.1) is 0 Å². The monoisotopic (exact) mass is 436 g/mol. The van der Waals surface area contributed by atoms with Crippen LogP contribution in [0.25, 0.3) is 0 Å². The highest BCUT2D eigenvalue weighted by molar-refractivity contribution is 6.13. The Bertz CT molecular complexity index is 1160. The van der Waals surface area contributed by atoms with E-state index >= 15 is 0 Å². The lowest BCUT2D eigenvalue weighted by Gasteiger charge is -2.14. The van der Waals surface area contributed by atoms with Crippen LogP contribution in [0.1, 0.15) is 41.4 Å². The molecule has 162 valence electrons. The minimum Gasteiger partial charge on any atom is -0.506 e. The quantitative estimate of drug-likeness (QED) is 0.342. The van der Waals surface area contributed by atoms with Crippen LogP contribution in [0.2, 0.25) is 0 Å². The van der Waals surface area contributed by atoms with Crippen molar-refractivity contribution in [3.05, 3.63) is 82.9 Å². The number of phenols is 2. The van der Waals surface area contributed by atoms with Gasteiger partial charge in [0.1, 0.15) is 22.6 Å². The molecular weight excluding hydrogens is 420 g/mol. The maximum atomic E-state index is 12.6. The third kappa shape index (κ3) is 4.33. The summed E-state index contributed by atoms with van der Waals surface area (Å²) in [4.78, 5) is 47.5. The van der Waals surface area contributed by atoms with Gasteiger partial charge in [-0.25, -0.2) is 9.59 Å². The van der Waals surface area contributed by atoms with E-state index in [4.69, 9.17) is 10.2 Å². The molecule has 0 aliphatic rings. The number of carbonyl (C=O) groups excluding carboxylic acids is 2. The predicted octanol–water partition coefficient (Wildman–Crippen LogP) is 3.00. The Kier molecular flexibility index (Phi) is 6.06. The largest absolute Gasteiger partial charge is 0.506 e. The van der Waals surface area contributed by atoms with Gasteiger partial charge in [-0.05, 0) is 36.4 Å². The SMILES string of the molecule is O=C(O)c1cccc(C(=O)Nc2ccccc2NC(=O)c2cccc(C(=O)O)c2O)c1O. The van der Waals surface area contributed by atoms with Crippen LogP contribution in [0.3, 0.4) is 0 Å². The van der Waals surface area contributed by atoms with E-state index in [0.29, 0.717) is 0 Å². The maximum Gasteiger partial charge on any atom is 0.339 e. The average molecular weight is 436 g/mol. The Morgan fingerprint density at radius 1 is 0.531 bits per heavy atom. The van der Waals surface area contributed by atoms with E-state index in [1.54, 1.807) is 12.1 Å². The van der Waals surface area contributed by atoms with E-state index in [2.05, 4.69) is 10.6 Å². The number of hydrogen-bond donors (Lipinski definition) is 6. The molecule has 3 aromatic rings. The third-order valence-corrected chi connectivity index (χ3v) is 4.45. The van der Waals surface area contributed by atoms with Gasteiger partial charge in [0.05, 0.1) is 22.5 Å². The highest BCUT2D eigenvalue weighted by atomic mass is 16.4. The molecule has 0 spiro atoms. The molecule has 2 amide bonds. The van der Waals surface area contributed by atoms with Gasteiger partial charge >= 0.3 is 11.9 Å². The molecule has 0 saturated heterocycles. The van der Waals surface area contributed by atoms with Crippen LogP contribution in [0.5, 0.6) is 11.5 Å². The summed E-state index contributed by atoms with van der Waals surface area (Å²) < 4.78 is 0. The molecule has 0 saturated carbocycles. The van der Waals surface area contributed by atoms with Crippen molar-refractivity contribution in [2.45, 2.75) is 0 Å². The van der Waals surface area contributed by atoms with E-state index in [1.165, 1.54) is 36.4 Å². The molecule has 6 N–H and O–H groups in total. The Hall–Kier alpha value is -4.86. The van der Waals surface area contributed by atoms with Crippen molar-refractivity contribution < 1.29 is 39.6 Å². The Morgan fingerprint density at radius 3 is 1.22 bits per heavy atom. The van der Waals surface area contributed by atoms with Crippen LogP contribution in [0.15, 0.2) is 60.7 Å². The second kappa shape index (κ2) is 8.88. The Balaban J connectivity index is 1.88. The molecule has 0 bridgehead atoms. The number of hydrogen-bond acceptors (Lipinski definition) is 6. The number of nitrogens with one attached hydrogen (secondary N) is 2. The summed E-state index contributed by atoms with van der Waals surface area (Å²) >= 11 is 0. The van der Waals surface area contributed by atoms with Crippen molar-refractivity contribution >= 4 is 35.1 Å². The van der Waals surface area contributed by atoms with Gasteiger partial charge in [0.25, 0.3) is 11.8 Å². The third-order valence-electron chi connectivity index (χ3n) is 4.45. The molecule has 32 heavy (non-hydrogen) atoms. The fraction of sp³-hybridized carbons (Fsp3) is 0. The normalized spacial score (nSPS) is 10.2. The number of amides is 2. The zero-order chi connectivity index (χ0) is 23.4. The van der Waals surface area contributed by atoms with E-state index < -0.39 is 46.4 Å². The number of carboxylic acid groups (broad SMARTS) is 2. The first-order chi connectivity index (χ1) is 15.2. The number of aromatic carboxylic acids is 2. The standard InChI is InChI=1S/C22H16N2O8/c25-17-11(5-3-7-13(17)21(29)30)19(27)23-15-9-1-2-10-16(15)24-20(28)12-6-4-8-14(18(12)26)22(31)32/h1-10,25-26H,(H,23,27)(H,24,28)(H,29,30)(H,31,32). The van der Waals surface area contributed by atoms with Gasteiger partial charge in [-0.3, -0.25) is 9.59 Å². The van der Waals surface area contributed by atoms with Gasteiger partial charge < -0.3 is 31.1 Å². The molecule has 0 aromatic heterocycles. The fourth-order valence-corrected chi connectivity index (χ4v) is 2.88. The molecule has 0 unspecified atom stereocenters. The van der Waals surface area contributed by atoms with Crippen molar-refractivity contribution in [1.82, 2.24) is 0 Å². The molecule has 0 aliphatic heterocycles. The van der Waals surface area contributed by atoms with Crippen molar-refractivity contribution in [2.75, 3.05) is 10.6 Å². The van der Waals surface area contributed by atoms with Crippen LogP contribution >= 0.6 is 0 Å². The second-order valence-corrected chi connectivity index (χ2v) is 6.47. The van der Waals surface area contributed by atoms with Crippen molar-refractivity contribution in [3.8, 4) is 11.5 Å². The molecule has 0 atom stereocenters. The molecule has 10 nitrogen and oxygen atoms in total. The Labute approximate surface area is 180 Å². The summed E-state index contributed by atoms with van der Waals surface area (Å²) in [5.41, 5.74) is -1.27. The predicted molar refractivity (Wildman–Crippen MR) is 112 cm³/mol. The van der Waals surface area contributed by atoms with E-state index in [-0.39, 0.29) is 22.5 Å². The highest BCUT2D eigenvalue weighted by Crippen LogP contribution is 2.28. The molecule has 3 rings (SSSR count). The number of anilines is 2. The number of benzene rings is 3. The maximum absolute atomic E-state index is 12.6. The van der Waals surface area contributed by atoms with Gasteiger partial charge in [0, 0.05) is 0 Å². The van der Waals surface area contributed by atoms with Crippen molar-refractivity contribution in [2.24, 2.45) is 0 Å². The molecule has 0 aliphatic carbocycles. The zero-order valence-electron chi connectivity index (χ0n) is 16.2. The van der Waals surface area contributed by atoms with Gasteiger partial charge in [-0.15, -0.1) is 0 Å². The first-order valence-corrected chi connectivity index (χ1v) is 9.03. The zero-order valence-corrected chi connectivity index (χ0v) is 16.2. The molecule has 3 aromatic carbocycles. The van der Waals surface area contributed by atoms with E-state index in [9.17, 15) is 29.4 Å². The first-order valence-electron chi connectivity index (χ1n) is 9.03. The molecular formula is C22H16N2O8. The minimum atomic E-state index is -1.41. The average Bonchev–Trinajstić information content (AvgIpc) is 2.74. The van der Waals surface area contributed by atoms with Crippen molar-refractivity contribution in [3.63, 3.8) is 0 Å². The van der Waals surface area contributed by atoms with Crippen LogP contribution in [-0.2, 0) is 0 Å². The second-order valence-electron chi connectivity index (χ2n) is 6.47. The van der Waals surface area contributed by atoms with Gasteiger partial charge in [0.15, 0.2) is 0 Å². The van der Waals surface area contributed by atoms with Gasteiger partial charge in [-0.2, -0.15) is 0 Å². The number of aromatic hydroxyl groups is 2. The Morgan fingerprint density at radius 2 is 0.875 bits per heavy atom. The molecule has 0 fully saturated rings. The van der Waals surface area contributed by atoms with Crippen LogP contribution in [0.4, 0.5) is 11.4 Å². The number of para-hydroxylation sites is 4. The van der Waals surface area contributed by atoms with Crippen LogP contribution in [-0.4, -0.2) is 44.2 Å². The number of carbonyl (C=O) groups is 4. The summed E-state index contributed by atoms with van der Waals surface area (Å²) in [7, 11) is 0. The van der Waals surface area contributed by atoms with Crippen LogP contribution < -0.4 is 10.6 Å². The summed E-state index contributed by atoms with van der Waals surface area (Å²) in [6.07, 6.45) is 0. The summed E-state index contributed by atoms with van der Waals surface area (Å²) in [6, 6.07) is 13.3. The van der Waals surface area contributed by atoms with E-state index in [0.717, 1.165) is 12.1 Å². The fourth-order valence-electron chi connectivity index (χ4n) is 2.88. The van der Waals surface area contributed by atoms with Crippen molar-refractivity contribution in [1.29, 1.82) is 0 Å². The minimum absolute atomic E-state index is 0.111. The number of carboxylic acids is 2. The molecule has 0 heterocycles. The smallest absolute Gasteiger partial charge is 0.339 e. The molecule has 10 heteroatoms. The lowest BCUT2D eigenvalue weighted by atomic mass is 10.1. The van der Waals surface area contributed by atoms with Gasteiger partial charge in [0.2, 0.25) is 0 Å². The molecule has 0 radical (unpaired) electrons. The topological polar surface area (TPSA) is 173 Å². The summed E-state index contributed by atoms with van der Waals surface area (Å²) in [5.74, 6) is -5.91. The lowest BCUT2D eigenvalue weighted by molar-refractivity contribution is 0.0682. The summed E-state index contributed by atoms with van der Waals surface area (Å²) in [6.45, 7) is 0. The van der Waals surface area contributed by atoms with E-state index in [1.807, 2.05) is 0 Å².